The lowest BCUT2D eigenvalue weighted by Gasteiger charge is -2.18. The van der Waals surface area contributed by atoms with Crippen molar-refractivity contribution in [2.75, 3.05) is 18.8 Å². The molecule has 1 aliphatic heterocycles. The van der Waals surface area contributed by atoms with E-state index in [1.165, 1.54) is 10.4 Å². The Bertz CT molecular complexity index is 613. The maximum Gasteiger partial charge on any atom is 0.243 e. The van der Waals surface area contributed by atoms with Crippen LogP contribution in [-0.2, 0) is 14.8 Å². The predicted octanol–water partition coefficient (Wildman–Crippen LogP) is 0.0731. The van der Waals surface area contributed by atoms with Gasteiger partial charge in [-0.2, -0.15) is 4.31 Å². The van der Waals surface area contributed by atoms with Gasteiger partial charge in [0.15, 0.2) is 0 Å². The molecule has 1 saturated heterocycles. The smallest absolute Gasteiger partial charge is 0.243 e. The monoisotopic (exact) mass is 283 g/mol. The zero-order chi connectivity index (χ0) is 14.2. The van der Waals surface area contributed by atoms with Crippen molar-refractivity contribution in [1.29, 1.82) is 0 Å². The standard InChI is InChI=1S/C12H17N3O3S/c1-8-10(13)3-2-4-11(8)19(17,18)15-6-5-9(7-15)12(14)16/h2-4,9H,5-7,13H2,1H3,(H2,14,16). The van der Waals surface area contributed by atoms with Crippen molar-refractivity contribution < 1.29 is 13.2 Å². The molecule has 0 radical (unpaired) electrons. The number of nitrogen functional groups attached to an aromatic ring is 1. The molecule has 0 bridgehead atoms. The van der Waals surface area contributed by atoms with Crippen LogP contribution >= 0.6 is 0 Å². The molecular formula is C12H17N3O3S. The van der Waals surface area contributed by atoms with E-state index in [1.807, 2.05) is 0 Å². The molecule has 4 N–H and O–H groups in total. The summed E-state index contributed by atoms with van der Waals surface area (Å²) in [5.74, 6) is -0.863. The highest BCUT2D eigenvalue weighted by Gasteiger charge is 2.35. The molecule has 1 aromatic rings. The molecule has 7 heteroatoms. The second-order valence-electron chi connectivity index (χ2n) is 4.72. The number of nitrogens with zero attached hydrogens (tertiary/aromatic N) is 1. The van der Waals surface area contributed by atoms with Crippen LogP contribution in [0.5, 0.6) is 0 Å². The lowest BCUT2D eigenvalue weighted by molar-refractivity contribution is -0.121. The van der Waals surface area contributed by atoms with Gasteiger partial charge < -0.3 is 11.5 Å². The topological polar surface area (TPSA) is 106 Å². The van der Waals surface area contributed by atoms with Crippen LogP contribution in [0.25, 0.3) is 0 Å². The van der Waals surface area contributed by atoms with E-state index in [9.17, 15) is 13.2 Å². The lowest BCUT2D eigenvalue weighted by Crippen LogP contribution is -2.32. The van der Waals surface area contributed by atoms with Crippen LogP contribution < -0.4 is 11.5 Å². The van der Waals surface area contributed by atoms with Crippen molar-refractivity contribution >= 4 is 21.6 Å². The number of carbonyl (C=O) groups is 1. The Morgan fingerprint density at radius 2 is 2.11 bits per heavy atom. The van der Waals surface area contributed by atoms with E-state index < -0.39 is 21.8 Å². The van der Waals surface area contributed by atoms with E-state index >= 15 is 0 Å². The number of carbonyl (C=O) groups excluding carboxylic acids is 1. The van der Waals surface area contributed by atoms with Gasteiger partial charge in [-0.1, -0.05) is 6.07 Å². The van der Waals surface area contributed by atoms with Gasteiger partial charge in [-0.3, -0.25) is 4.79 Å². The summed E-state index contributed by atoms with van der Waals surface area (Å²) in [7, 11) is -3.61. The van der Waals surface area contributed by atoms with Crippen LogP contribution in [0.1, 0.15) is 12.0 Å². The van der Waals surface area contributed by atoms with Gasteiger partial charge in [0, 0.05) is 18.8 Å². The Hall–Kier alpha value is -1.60. The normalized spacial score (nSPS) is 20.6. The Morgan fingerprint density at radius 1 is 1.42 bits per heavy atom. The highest BCUT2D eigenvalue weighted by Crippen LogP contribution is 2.28. The first-order valence-corrected chi connectivity index (χ1v) is 7.42. The average Bonchev–Trinajstić information content (AvgIpc) is 2.82. The molecular weight excluding hydrogens is 266 g/mol. The van der Waals surface area contributed by atoms with E-state index in [0.717, 1.165) is 0 Å². The van der Waals surface area contributed by atoms with Crippen molar-refractivity contribution in [3.05, 3.63) is 23.8 Å². The minimum Gasteiger partial charge on any atom is -0.398 e. The maximum atomic E-state index is 12.5. The van der Waals surface area contributed by atoms with Gasteiger partial charge in [0.25, 0.3) is 0 Å². The number of nitrogens with two attached hydrogens (primary N) is 2. The van der Waals surface area contributed by atoms with E-state index in [1.54, 1.807) is 19.1 Å². The van der Waals surface area contributed by atoms with Gasteiger partial charge in [0.2, 0.25) is 15.9 Å². The van der Waals surface area contributed by atoms with Gasteiger partial charge in [-0.05, 0) is 31.0 Å². The Kier molecular flexibility index (Phi) is 3.51. The summed E-state index contributed by atoms with van der Waals surface area (Å²) >= 11 is 0. The summed E-state index contributed by atoms with van der Waals surface area (Å²) in [6.45, 7) is 2.12. The fourth-order valence-corrected chi connectivity index (χ4v) is 3.98. The first-order chi connectivity index (χ1) is 8.84. The molecule has 1 unspecified atom stereocenters. The third-order valence-electron chi connectivity index (χ3n) is 3.50. The fraction of sp³-hybridized carbons (Fsp3) is 0.417. The molecule has 0 aromatic heterocycles. The van der Waals surface area contributed by atoms with Crippen LogP contribution in [0, 0.1) is 12.8 Å². The predicted molar refractivity (Wildman–Crippen MR) is 71.7 cm³/mol. The number of primary amides is 1. The summed E-state index contributed by atoms with van der Waals surface area (Å²) in [4.78, 5) is 11.3. The molecule has 0 saturated carbocycles. The molecule has 104 valence electrons. The fourth-order valence-electron chi connectivity index (χ4n) is 2.23. The van der Waals surface area contributed by atoms with Crippen molar-refractivity contribution in [2.24, 2.45) is 11.7 Å². The van der Waals surface area contributed by atoms with Crippen LogP contribution in [0.15, 0.2) is 23.1 Å². The SMILES string of the molecule is Cc1c(N)cccc1S(=O)(=O)N1CCC(C(N)=O)C1. The summed E-state index contributed by atoms with van der Waals surface area (Å²) in [6, 6.07) is 4.79. The largest absolute Gasteiger partial charge is 0.398 e. The van der Waals surface area contributed by atoms with E-state index in [-0.39, 0.29) is 11.4 Å². The quantitative estimate of drug-likeness (QED) is 0.766. The van der Waals surface area contributed by atoms with Crippen LogP contribution in [0.2, 0.25) is 0 Å². The zero-order valence-corrected chi connectivity index (χ0v) is 11.5. The van der Waals surface area contributed by atoms with Crippen LogP contribution in [0.4, 0.5) is 5.69 Å². The van der Waals surface area contributed by atoms with Gasteiger partial charge in [0.05, 0.1) is 10.8 Å². The van der Waals surface area contributed by atoms with E-state index in [0.29, 0.717) is 24.2 Å². The van der Waals surface area contributed by atoms with Gasteiger partial charge in [-0.15, -0.1) is 0 Å². The summed E-state index contributed by atoms with van der Waals surface area (Å²) in [5, 5.41) is 0. The van der Waals surface area contributed by atoms with Gasteiger partial charge >= 0.3 is 0 Å². The third kappa shape index (κ3) is 2.43. The Balaban J connectivity index is 2.34. The average molecular weight is 283 g/mol. The maximum absolute atomic E-state index is 12.5. The summed E-state index contributed by atoms with van der Waals surface area (Å²) in [5.41, 5.74) is 11.9. The molecule has 2 rings (SSSR count). The van der Waals surface area contributed by atoms with Crippen molar-refractivity contribution in [3.8, 4) is 0 Å². The molecule has 0 spiro atoms. The van der Waals surface area contributed by atoms with Crippen molar-refractivity contribution in [3.63, 3.8) is 0 Å². The molecule has 6 nitrogen and oxygen atoms in total. The highest BCUT2D eigenvalue weighted by molar-refractivity contribution is 7.89. The summed E-state index contributed by atoms with van der Waals surface area (Å²) < 4.78 is 26.3. The molecule has 1 aromatic carbocycles. The minimum absolute atomic E-state index is 0.145. The van der Waals surface area contributed by atoms with E-state index in [4.69, 9.17) is 11.5 Å². The third-order valence-corrected chi connectivity index (χ3v) is 5.51. The van der Waals surface area contributed by atoms with Gasteiger partial charge in [-0.25, -0.2) is 8.42 Å². The number of benzene rings is 1. The minimum atomic E-state index is -3.61. The number of hydrogen-bond donors (Lipinski definition) is 2. The van der Waals surface area contributed by atoms with Gasteiger partial charge in [0.1, 0.15) is 0 Å². The first kappa shape index (κ1) is 13.8. The highest BCUT2D eigenvalue weighted by atomic mass is 32.2. The van der Waals surface area contributed by atoms with Crippen LogP contribution in [-0.4, -0.2) is 31.7 Å². The first-order valence-electron chi connectivity index (χ1n) is 5.98. The van der Waals surface area contributed by atoms with E-state index in [2.05, 4.69) is 0 Å². The Labute approximate surface area is 112 Å². The van der Waals surface area contributed by atoms with Crippen molar-refractivity contribution in [2.45, 2.75) is 18.2 Å². The molecule has 1 heterocycles. The summed E-state index contributed by atoms with van der Waals surface area (Å²) in [6.07, 6.45) is 0.468. The molecule has 0 aliphatic carbocycles. The number of rotatable bonds is 3. The number of amides is 1. The zero-order valence-electron chi connectivity index (χ0n) is 10.7. The number of anilines is 1. The number of sulfonamides is 1. The molecule has 19 heavy (non-hydrogen) atoms. The second kappa shape index (κ2) is 4.82. The lowest BCUT2D eigenvalue weighted by atomic mass is 10.1. The second-order valence-corrected chi connectivity index (χ2v) is 6.63. The van der Waals surface area contributed by atoms with Crippen LogP contribution in [0.3, 0.4) is 0 Å². The number of hydrogen-bond acceptors (Lipinski definition) is 4. The molecule has 1 atom stereocenters. The Morgan fingerprint density at radius 3 is 2.68 bits per heavy atom. The molecule has 1 amide bonds. The van der Waals surface area contributed by atoms with Crippen molar-refractivity contribution in [1.82, 2.24) is 4.31 Å². The molecule has 1 aliphatic rings. The molecule has 1 fully saturated rings.